The van der Waals surface area contributed by atoms with Gasteiger partial charge in [0.15, 0.2) is 0 Å². The topological polar surface area (TPSA) is 50.7 Å². The molecule has 1 aliphatic carbocycles. The molecule has 3 rings (SSSR count). The molecule has 2 heterocycles. The molecular weight excluding hydrogens is 270 g/mol. The molecule has 0 radical (unpaired) electrons. The second-order valence-corrected chi connectivity index (χ2v) is 5.52. The highest BCUT2D eigenvalue weighted by Crippen LogP contribution is 2.20. The van der Waals surface area contributed by atoms with Crippen molar-refractivity contribution in [2.24, 2.45) is 0 Å². The zero-order valence-corrected chi connectivity index (χ0v) is 12.1. The lowest BCUT2D eigenvalue weighted by Gasteiger charge is -2.20. The molecule has 0 spiro atoms. The normalized spacial score (nSPS) is 14.0. The quantitative estimate of drug-likeness (QED) is 0.882. The molecule has 0 aromatic carbocycles. The van der Waals surface area contributed by atoms with Crippen molar-refractivity contribution in [1.82, 2.24) is 14.5 Å². The van der Waals surface area contributed by atoms with Gasteiger partial charge in [-0.15, -0.1) is 0 Å². The van der Waals surface area contributed by atoms with Gasteiger partial charge in [-0.2, -0.15) is 0 Å². The van der Waals surface area contributed by atoms with Crippen molar-refractivity contribution in [2.45, 2.75) is 38.6 Å². The number of H-pyrrole nitrogens is 1. The van der Waals surface area contributed by atoms with Crippen molar-refractivity contribution >= 4 is 12.2 Å². The van der Waals surface area contributed by atoms with E-state index in [1.54, 1.807) is 6.20 Å². The van der Waals surface area contributed by atoms with Crippen LogP contribution in [0.1, 0.15) is 29.8 Å². The number of pyridine rings is 1. The van der Waals surface area contributed by atoms with Gasteiger partial charge in [-0.1, -0.05) is 18.3 Å². The predicted molar refractivity (Wildman–Crippen MR) is 80.5 cm³/mol. The molecule has 4 nitrogen and oxygen atoms in total. The van der Waals surface area contributed by atoms with Crippen LogP contribution in [0, 0.1) is 4.64 Å². The molecule has 1 aliphatic rings. The molecule has 0 saturated heterocycles. The van der Waals surface area contributed by atoms with Crippen LogP contribution >= 0.6 is 12.2 Å². The molecule has 20 heavy (non-hydrogen) atoms. The summed E-state index contributed by atoms with van der Waals surface area (Å²) < 4.78 is 2.47. The fourth-order valence-electron chi connectivity index (χ4n) is 2.80. The van der Waals surface area contributed by atoms with Gasteiger partial charge < -0.3 is 0 Å². The monoisotopic (exact) mass is 287 g/mol. The molecule has 0 atom stereocenters. The van der Waals surface area contributed by atoms with Crippen LogP contribution in [0.25, 0.3) is 0 Å². The molecule has 0 aliphatic heterocycles. The fourth-order valence-corrected chi connectivity index (χ4v) is 3.11. The van der Waals surface area contributed by atoms with Crippen molar-refractivity contribution in [3.8, 4) is 0 Å². The van der Waals surface area contributed by atoms with Crippen molar-refractivity contribution in [3.63, 3.8) is 0 Å². The Morgan fingerprint density at radius 3 is 2.95 bits per heavy atom. The highest BCUT2D eigenvalue weighted by molar-refractivity contribution is 7.71. The SMILES string of the molecule is O=c1[nH]c(=S)c2c(n1CCc1ccccn1)CCCC2. The zero-order valence-electron chi connectivity index (χ0n) is 11.3. The van der Waals surface area contributed by atoms with Crippen LogP contribution in [0.15, 0.2) is 29.2 Å². The minimum absolute atomic E-state index is 0.0911. The molecule has 104 valence electrons. The van der Waals surface area contributed by atoms with Gasteiger partial charge in [0.2, 0.25) is 0 Å². The molecule has 2 aromatic heterocycles. The molecule has 0 amide bonds. The number of fused-ring (bicyclic) bond motifs is 1. The minimum Gasteiger partial charge on any atom is -0.298 e. The second-order valence-electron chi connectivity index (χ2n) is 5.11. The number of hydrogen-bond donors (Lipinski definition) is 1. The van der Waals surface area contributed by atoms with Crippen LogP contribution in [0.4, 0.5) is 0 Å². The molecule has 2 aromatic rings. The first-order valence-electron chi connectivity index (χ1n) is 7.00. The standard InChI is InChI=1S/C15H17N3OS/c19-15-17-14(20)12-6-1-2-7-13(12)18(15)10-8-11-5-3-4-9-16-11/h3-5,9H,1-2,6-8,10H2,(H,17,19,20). The van der Waals surface area contributed by atoms with E-state index in [9.17, 15) is 4.79 Å². The smallest absolute Gasteiger partial charge is 0.298 e. The average molecular weight is 287 g/mol. The van der Waals surface area contributed by atoms with Crippen molar-refractivity contribution in [3.05, 3.63) is 56.5 Å². The Bertz CT molecular complexity index is 718. The van der Waals surface area contributed by atoms with E-state index in [4.69, 9.17) is 12.2 Å². The van der Waals surface area contributed by atoms with E-state index in [1.807, 2.05) is 22.8 Å². The van der Waals surface area contributed by atoms with Gasteiger partial charge in [0.05, 0.1) is 0 Å². The van der Waals surface area contributed by atoms with Crippen LogP contribution in [0.2, 0.25) is 0 Å². The van der Waals surface area contributed by atoms with Gasteiger partial charge in [0.1, 0.15) is 4.64 Å². The molecule has 0 unspecified atom stereocenters. The summed E-state index contributed by atoms with van der Waals surface area (Å²) in [5.41, 5.74) is 3.20. The summed E-state index contributed by atoms with van der Waals surface area (Å²) in [5, 5.41) is 0. The number of aromatic amines is 1. The van der Waals surface area contributed by atoms with Crippen LogP contribution in [-0.2, 0) is 25.8 Å². The Hall–Kier alpha value is -1.75. The summed E-state index contributed by atoms with van der Waals surface area (Å²) in [6.45, 7) is 0.657. The van der Waals surface area contributed by atoms with Gasteiger partial charge in [0, 0.05) is 36.1 Å². The Kier molecular flexibility index (Phi) is 3.78. The maximum atomic E-state index is 12.2. The number of hydrogen-bond acceptors (Lipinski definition) is 3. The van der Waals surface area contributed by atoms with E-state index in [1.165, 1.54) is 0 Å². The molecular formula is C15H17N3OS. The summed E-state index contributed by atoms with van der Waals surface area (Å²) in [6.07, 6.45) is 6.77. The lowest BCUT2D eigenvalue weighted by Crippen LogP contribution is -2.30. The largest absolute Gasteiger partial charge is 0.326 e. The van der Waals surface area contributed by atoms with Crippen LogP contribution in [-0.4, -0.2) is 14.5 Å². The van der Waals surface area contributed by atoms with E-state index in [0.29, 0.717) is 11.2 Å². The van der Waals surface area contributed by atoms with Crippen LogP contribution in [0.5, 0.6) is 0 Å². The number of rotatable bonds is 3. The van der Waals surface area contributed by atoms with Crippen molar-refractivity contribution in [2.75, 3.05) is 0 Å². The van der Waals surface area contributed by atoms with Crippen molar-refractivity contribution in [1.29, 1.82) is 0 Å². The summed E-state index contributed by atoms with van der Waals surface area (Å²) in [7, 11) is 0. The fraction of sp³-hybridized carbons (Fsp3) is 0.400. The number of nitrogens with one attached hydrogen (secondary N) is 1. The summed E-state index contributed by atoms with van der Waals surface area (Å²) in [4.78, 5) is 19.3. The summed E-state index contributed by atoms with van der Waals surface area (Å²) in [6, 6.07) is 5.86. The van der Waals surface area contributed by atoms with E-state index in [0.717, 1.165) is 49.1 Å². The van der Waals surface area contributed by atoms with Crippen LogP contribution < -0.4 is 5.69 Å². The molecule has 0 bridgehead atoms. The van der Waals surface area contributed by atoms with E-state index in [-0.39, 0.29) is 5.69 Å². The Morgan fingerprint density at radius 2 is 2.15 bits per heavy atom. The van der Waals surface area contributed by atoms with Crippen molar-refractivity contribution < 1.29 is 0 Å². The third-order valence-electron chi connectivity index (χ3n) is 3.82. The lowest BCUT2D eigenvalue weighted by atomic mass is 9.97. The van der Waals surface area contributed by atoms with E-state index in [2.05, 4.69) is 9.97 Å². The Balaban J connectivity index is 1.93. The van der Waals surface area contributed by atoms with Crippen LogP contribution in [0.3, 0.4) is 0 Å². The third-order valence-corrected chi connectivity index (χ3v) is 4.17. The highest BCUT2D eigenvalue weighted by Gasteiger charge is 2.16. The van der Waals surface area contributed by atoms with Gasteiger partial charge >= 0.3 is 5.69 Å². The third kappa shape index (κ3) is 2.58. The van der Waals surface area contributed by atoms with Gasteiger partial charge in [-0.25, -0.2) is 4.79 Å². The highest BCUT2D eigenvalue weighted by atomic mass is 32.1. The Labute approximate surface area is 122 Å². The first kappa shape index (κ1) is 13.2. The second kappa shape index (κ2) is 5.71. The summed E-state index contributed by atoms with van der Waals surface area (Å²) in [5.74, 6) is 0. The average Bonchev–Trinajstić information content (AvgIpc) is 2.48. The lowest BCUT2D eigenvalue weighted by molar-refractivity contribution is 0.552. The van der Waals surface area contributed by atoms with Gasteiger partial charge in [-0.3, -0.25) is 14.5 Å². The molecule has 1 N–H and O–H groups in total. The maximum absolute atomic E-state index is 12.2. The van der Waals surface area contributed by atoms with E-state index >= 15 is 0 Å². The number of nitrogens with zero attached hydrogens (tertiary/aromatic N) is 2. The molecule has 5 heteroatoms. The summed E-state index contributed by atoms with van der Waals surface area (Å²) >= 11 is 5.28. The predicted octanol–water partition coefficient (Wildman–Crippen LogP) is 2.42. The Morgan fingerprint density at radius 1 is 1.30 bits per heavy atom. The van der Waals surface area contributed by atoms with Gasteiger partial charge in [0.25, 0.3) is 0 Å². The first-order valence-corrected chi connectivity index (χ1v) is 7.41. The zero-order chi connectivity index (χ0) is 13.9. The minimum atomic E-state index is -0.0911. The molecule has 0 saturated carbocycles. The number of aryl methyl sites for hydroxylation is 1. The number of aromatic nitrogens is 3. The van der Waals surface area contributed by atoms with E-state index < -0.39 is 0 Å². The maximum Gasteiger partial charge on any atom is 0.326 e. The molecule has 0 fully saturated rings. The first-order chi connectivity index (χ1) is 9.75. The van der Waals surface area contributed by atoms with Gasteiger partial charge in [-0.05, 0) is 37.8 Å².